The van der Waals surface area contributed by atoms with Crippen molar-refractivity contribution in [3.63, 3.8) is 0 Å². The standard InChI is InChI=1S/C25H28N6O4S/c1-12(11-29-24(33)35-25(3,4)5)30-16-9-14(7-8-17(16)34-6)18-15(10-26)22(28)31-23-19(18)20(27)21(36-23)13(2)32/h7-9,30H,1,11,27H2,2-6H3,(H2,28,31)(H,29,33). The first kappa shape index (κ1) is 26.3. The van der Waals surface area contributed by atoms with Crippen molar-refractivity contribution in [1.29, 1.82) is 5.26 Å². The number of hydrogen-bond acceptors (Lipinski definition) is 10. The number of aromatic nitrogens is 1. The Morgan fingerprint density at radius 2 is 1.97 bits per heavy atom. The molecule has 0 radical (unpaired) electrons. The van der Waals surface area contributed by atoms with Crippen molar-refractivity contribution in [3.05, 3.63) is 40.9 Å². The number of fused-ring (bicyclic) bond motifs is 1. The van der Waals surface area contributed by atoms with Crippen LogP contribution in [0, 0.1) is 11.3 Å². The van der Waals surface area contributed by atoms with E-state index in [1.165, 1.54) is 14.0 Å². The van der Waals surface area contributed by atoms with Crippen molar-refractivity contribution >= 4 is 50.6 Å². The van der Waals surface area contributed by atoms with Crippen molar-refractivity contribution in [2.45, 2.75) is 33.3 Å². The smallest absolute Gasteiger partial charge is 0.407 e. The molecule has 0 spiro atoms. The topological polar surface area (TPSA) is 165 Å². The molecular formula is C25H28N6O4S. The van der Waals surface area contributed by atoms with Gasteiger partial charge in [-0.3, -0.25) is 4.79 Å². The fourth-order valence-corrected chi connectivity index (χ4v) is 4.53. The summed E-state index contributed by atoms with van der Waals surface area (Å²) in [5.41, 5.74) is 14.2. The first-order valence-electron chi connectivity index (χ1n) is 10.9. The van der Waals surface area contributed by atoms with Crippen molar-refractivity contribution in [1.82, 2.24) is 10.3 Å². The molecule has 3 rings (SSSR count). The number of ketones is 1. The van der Waals surface area contributed by atoms with Gasteiger partial charge in [0.1, 0.15) is 33.6 Å². The molecule has 1 aromatic carbocycles. The van der Waals surface area contributed by atoms with E-state index in [2.05, 4.69) is 28.3 Å². The number of nitrogens with zero attached hydrogens (tertiary/aromatic N) is 2. The lowest BCUT2D eigenvalue weighted by Crippen LogP contribution is -2.34. The van der Waals surface area contributed by atoms with Gasteiger partial charge in [-0.05, 0) is 38.5 Å². The minimum atomic E-state index is -0.627. The number of benzene rings is 1. The molecule has 3 aromatic rings. The maximum absolute atomic E-state index is 12.1. The SMILES string of the molecule is C=C(CNC(=O)OC(C)(C)C)Nc1cc(-c2c(C#N)c(N)nc3sc(C(C)=O)c(N)c23)ccc1OC. The molecule has 0 bridgehead atoms. The monoisotopic (exact) mass is 508 g/mol. The van der Waals surface area contributed by atoms with Crippen LogP contribution in [0.2, 0.25) is 0 Å². The van der Waals surface area contributed by atoms with E-state index < -0.39 is 11.7 Å². The largest absolute Gasteiger partial charge is 0.495 e. The number of ether oxygens (including phenoxy) is 2. The maximum Gasteiger partial charge on any atom is 0.407 e. The van der Waals surface area contributed by atoms with Crippen molar-refractivity contribution < 1.29 is 19.1 Å². The highest BCUT2D eigenvalue weighted by Crippen LogP contribution is 2.44. The summed E-state index contributed by atoms with van der Waals surface area (Å²) >= 11 is 1.13. The van der Waals surface area contributed by atoms with Gasteiger partial charge in [0.05, 0.1) is 29.9 Å². The van der Waals surface area contributed by atoms with E-state index in [0.717, 1.165) is 11.3 Å². The second kappa shape index (κ2) is 10.1. The molecule has 0 unspecified atom stereocenters. The molecular weight excluding hydrogens is 480 g/mol. The summed E-state index contributed by atoms with van der Waals surface area (Å²) in [5.74, 6) is 0.328. The Morgan fingerprint density at radius 1 is 1.28 bits per heavy atom. The first-order valence-corrected chi connectivity index (χ1v) is 11.7. The number of amides is 1. The van der Waals surface area contributed by atoms with E-state index in [1.54, 1.807) is 39.0 Å². The van der Waals surface area contributed by atoms with Crippen LogP contribution in [0.5, 0.6) is 5.75 Å². The Morgan fingerprint density at radius 3 is 2.56 bits per heavy atom. The summed E-state index contributed by atoms with van der Waals surface area (Å²) in [5, 5.41) is 16.1. The Bertz CT molecular complexity index is 1410. The lowest BCUT2D eigenvalue weighted by atomic mass is 9.96. The molecule has 0 aliphatic carbocycles. The van der Waals surface area contributed by atoms with Gasteiger partial charge in [0.15, 0.2) is 5.78 Å². The van der Waals surface area contributed by atoms with Crippen LogP contribution in [0.3, 0.4) is 0 Å². The maximum atomic E-state index is 12.1. The van der Waals surface area contributed by atoms with E-state index in [0.29, 0.717) is 43.4 Å². The fourth-order valence-electron chi connectivity index (χ4n) is 3.52. The van der Waals surface area contributed by atoms with Gasteiger partial charge < -0.3 is 31.6 Å². The fraction of sp³-hybridized carbons (Fsp3) is 0.280. The van der Waals surface area contributed by atoms with Gasteiger partial charge in [0, 0.05) is 23.6 Å². The third-order valence-electron chi connectivity index (χ3n) is 4.98. The molecule has 2 aromatic heterocycles. The Balaban J connectivity index is 2.04. The van der Waals surface area contributed by atoms with Crippen LogP contribution in [-0.4, -0.2) is 36.1 Å². The van der Waals surface area contributed by atoms with Crippen LogP contribution in [0.4, 0.5) is 22.0 Å². The summed E-state index contributed by atoms with van der Waals surface area (Å²) < 4.78 is 10.7. The number of rotatable bonds is 7. The van der Waals surface area contributed by atoms with Crippen LogP contribution >= 0.6 is 11.3 Å². The number of nitrogen functional groups attached to an aromatic ring is 2. The summed E-state index contributed by atoms with van der Waals surface area (Å²) in [4.78, 5) is 29.2. The van der Waals surface area contributed by atoms with Crippen LogP contribution in [-0.2, 0) is 4.74 Å². The molecule has 11 heteroatoms. The van der Waals surface area contributed by atoms with E-state index in [9.17, 15) is 14.9 Å². The third-order valence-corrected chi connectivity index (χ3v) is 6.18. The van der Waals surface area contributed by atoms with E-state index in [4.69, 9.17) is 20.9 Å². The number of nitrogens with one attached hydrogen (secondary N) is 2. The molecule has 6 N–H and O–H groups in total. The average Bonchev–Trinajstić information content (AvgIpc) is 3.11. The van der Waals surface area contributed by atoms with Crippen molar-refractivity contribution in [2.75, 3.05) is 30.4 Å². The number of anilines is 3. The Hall–Kier alpha value is -4.30. The molecule has 1 amide bonds. The van der Waals surface area contributed by atoms with Gasteiger partial charge in [-0.15, -0.1) is 11.3 Å². The van der Waals surface area contributed by atoms with Gasteiger partial charge in [0.2, 0.25) is 0 Å². The van der Waals surface area contributed by atoms with Gasteiger partial charge in [-0.1, -0.05) is 12.6 Å². The second-order valence-electron chi connectivity index (χ2n) is 8.94. The van der Waals surface area contributed by atoms with Crippen LogP contribution < -0.4 is 26.8 Å². The second-order valence-corrected chi connectivity index (χ2v) is 9.94. The summed E-state index contributed by atoms with van der Waals surface area (Å²) in [6, 6.07) is 7.32. The van der Waals surface area contributed by atoms with Crippen LogP contribution in [0.1, 0.15) is 42.9 Å². The zero-order valence-corrected chi connectivity index (χ0v) is 21.6. The molecule has 10 nitrogen and oxygen atoms in total. The Labute approximate surface area is 212 Å². The highest BCUT2D eigenvalue weighted by atomic mass is 32.1. The summed E-state index contributed by atoms with van der Waals surface area (Å²) in [6.07, 6.45) is -0.575. The molecule has 0 saturated carbocycles. The van der Waals surface area contributed by atoms with Crippen molar-refractivity contribution in [3.8, 4) is 22.9 Å². The number of Topliss-reactive ketones (excluding diaryl/α,β-unsaturated/α-hetero) is 1. The summed E-state index contributed by atoms with van der Waals surface area (Å²) in [6.45, 7) is 10.8. The van der Waals surface area contributed by atoms with Crippen molar-refractivity contribution in [2.24, 2.45) is 0 Å². The number of nitriles is 1. The predicted molar refractivity (Wildman–Crippen MR) is 142 cm³/mol. The first-order chi connectivity index (χ1) is 16.9. The van der Waals surface area contributed by atoms with Crippen LogP contribution in [0.15, 0.2) is 30.5 Å². The normalized spacial score (nSPS) is 11.0. The highest BCUT2D eigenvalue weighted by molar-refractivity contribution is 7.21. The van der Waals surface area contributed by atoms with Gasteiger partial charge in [-0.25, -0.2) is 9.78 Å². The van der Waals surface area contributed by atoms with E-state index >= 15 is 0 Å². The highest BCUT2D eigenvalue weighted by Gasteiger charge is 2.24. The zero-order valence-electron chi connectivity index (χ0n) is 20.7. The van der Waals surface area contributed by atoms with E-state index in [-0.39, 0.29) is 29.4 Å². The number of methoxy groups -OCH3 is 1. The van der Waals surface area contributed by atoms with Gasteiger partial charge in [0.25, 0.3) is 0 Å². The number of carbonyl (C=O) groups excluding carboxylic acids is 2. The van der Waals surface area contributed by atoms with Crippen LogP contribution in [0.25, 0.3) is 21.3 Å². The lowest BCUT2D eigenvalue weighted by Gasteiger charge is -2.20. The third kappa shape index (κ3) is 5.50. The quantitative estimate of drug-likeness (QED) is 0.332. The average molecular weight is 509 g/mol. The molecule has 2 heterocycles. The number of hydrogen-bond donors (Lipinski definition) is 4. The molecule has 0 saturated heterocycles. The minimum absolute atomic E-state index is 0.0349. The molecule has 0 fully saturated rings. The minimum Gasteiger partial charge on any atom is -0.495 e. The predicted octanol–water partition coefficient (Wildman–Crippen LogP) is 4.66. The molecule has 0 atom stereocenters. The molecule has 36 heavy (non-hydrogen) atoms. The number of pyridine rings is 1. The molecule has 188 valence electrons. The van der Waals surface area contributed by atoms with E-state index in [1.807, 2.05) is 0 Å². The number of carbonyl (C=O) groups is 2. The summed E-state index contributed by atoms with van der Waals surface area (Å²) in [7, 11) is 1.52. The molecule has 0 aliphatic rings. The molecule has 0 aliphatic heterocycles. The number of alkyl carbamates (subject to hydrolysis) is 1. The Kier molecular flexibility index (Phi) is 7.40. The lowest BCUT2D eigenvalue weighted by molar-refractivity contribution is 0.0532. The number of thiophene rings is 1. The number of nitrogens with two attached hydrogens (primary N) is 2. The van der Waals surface area contributed by atoms with Gasteiger partial charge >= 0.3 is 6.09 Å². The van der Waals surface area contributed by atoms with Gasteiger partial charge in [-0.2, -0.15) is 5.26 Å². The zero-order chi connectivity index (χ0) is 26.8.